The molecule has 0 aliphatic carbocycles. The number of ether oxygens (including phenoxy) is 3. The van der Waals surface area contributed by atoms with Crippen LogP contribution in [0.15, 0.2) is 105 Å². The first-order valence-electron chi connectivity index (χ1n) is 12.7. The zero-order valence-electron chi connectivity index (χ0n) is 22.2. The Morgan fingerprint density at radius 1 is 0.902 bits per heavy atom. The minimum atomic E-state index is -0.369. The fourth-order valence-corrected chi connectivity index (χ4v) is 4.52. The Balaban J connectivity index is 1.46. The van der Waals surface area contributed by atoms with Crippen LogP contribution in [0.5, 0.6) is 17.2 Å². The van der Waals surface area contributed by atoms with Crippen LogP contribution in [-0.2, 0) is 6.61 Å². The van der Waals surface area contributed by atoms with Crippen LogP contribution in [0, 0.1) is 5.82 Å². The van der Waals surface area contributed by atoms with E-state index >= 15 is 0 Å². The lowest BCUT2D eigenvalue weighted by Gasteiger charge is -2.13. The Hall–Kier alpha value is -5.44. The highest BCUT2D eigenvalue weighted by Crippen LogP contribution is 2.34. The zero-order valence-corrected chi connectivity index (χ0v) is 22.2. The third-order valence-electron chi connectivity index (χ3n) is 6.55. The molecule has 0 aliphatic rings. The Labute approximate surface area is 233 Å². The normalized spacial score (nSPS) is 11.4. The molecule has 204 valence electrons. The van der Waals surface area contributed by atoms with E-state index in [0.717, 1.165) is 10.9 Å². The van der Waals surface area contributed by atoms with Crippen LogP contribution >= 0.6 is 0 Å². The number of rotatable bonds is 8. The molecule has 2 aromatic heterocycles. The third-order valence-corrected chi connectivity index (χ3v) is 6.55. The molecular formula is C32H24FN3O5. The minimum absolute atomic E-state index is 0.172. The molecule has 0 bridgehead atoms. The molecule has 8 nitrogen and oxygen atoms in total. The van der Waals surface area contributed by atoms with Gasteiger partial charge in [0.15, 0.2) is 17.3 Å². The monoisotopic (exact) mass is 549 g/mol. The number of methoxy groups -OCH3 is 2. The van der Waals surface area contributed by atoms with E-state index in [-0.39, 0.29) is 23.8 Å². The molecule has 0 unspecified atom stereocenters. The second-order valence-corrected chi connectivity index (χ2v) is 9.09. The molecule has 6 aromatic rings. The maximum atomic E-state index is 13.7. The molecule has 2 heterocycles. The van der Waals surface area contributed by atoms with Crippen molar-refractivity contribution >= 4 is 28.1 Å². The summed E-state index contributed by atoms with van der Waals surface area (Å²) < 4.78 is 37.7. The summed E-state index contributed by atoms with van der Waals surface area (Å²) in [5.74, 6) is 1.77. The van der Waals surface area contributed by atoms with Gasteiger partial charge in [0.25, 0.3) is 5.56 Å². The van der Waals surface area contributed by atoms with Gasteiger partial charge in [-0.2, -0.15) is 9.78 Å². The number of para-hydroxylation sites is 2. The number of benzene rings is 4. The van der Waals surface area contributed by atoms with Crippen LogP contribution in [0.25, 0.3) is 33.5 Å². The minimum Gasteiger partial charge on any atom is -0.496 e. The summed E-state index contributed by atoms with van der Waals surface area (Å²) in [6.45, 7) is 0.172. The summed E-state index contributed by atoms with van der Waals surface area (Å²) >= 11 is 0. The predicted molar refractivity (Wildman–Crippen MR) is 154 cm³/mol. The molecule has 0 saturated carbocycles. The molecule has 0 N–H and O–H groups in total. The van der Waals surface area contributed by atoms with E-state index in [0.29, 0.717) is 45.1 Å². The fraction of sp³-hybridized carbons (Fsp3) is 0.0938. The van der Waals surface area contributed by atoms with Gasteiger partial charge in [0.05, 0.1) is 36.7 Å². The van der Waals surface area contributed by atoms with E-state index in [1.54, 1.807) is 61.7 Å². The first-order chi connectivity index (χ1) is 20.1. The van der Waals surface area contributed by atoms with Crippen LogP contribution in [0.3, 0.4) is 0 Å². The van der Waals surface area contributed by atoms with E-state index in [1.165, 1.54) is 30.1 Å². The highest BCUT2D eigenvalue weighted by atomic mass is 19.1. The van der Waals surface area contributed by atoms with Crippen molar-refractivity contribution in [3.63, 3.8) is 0 Å². The second-order valence-electron chi connectivity index (χ2n) is 9.09. The molecule has 0 atom stereocenters. The van der Waals surface area contributed by atoms with Crippen LogP contribution in [0.1, 0.15) is 11.1 Å². The van der Waals surface area contributed by atoms with E-state index in [4.69, 9.17) is 23.6 Å². The number of nitrogens with zero attached hydrogens (tertiary/aromatic N) is 3. The molecule has 0 fully saturated rings. The van der Waals surface area contributed by atoms with Crippen LogP contribution in [0.2, 0.25) is 0 Å². The van der Waals surface area contributed by atoms with Crippen LogP contribution in [0.4, 0.5) is 4.39 Å². The second kappa shape index (κ2) is 11.0. The predicted octanol–water partition coefficient (Wildman–Crippen LogP) is 6.43. The number of fused-ring (bicyclic) bond motifs is 2. The van der Waals surface area contributed by atoms with Crippen molar-refractivity contribution in [1.29, 1.82) is 0 Å². The molecule has 0 saturated heterocycles. The number of furan rings is 1. The highest BCUT2D eigenvalue weighted by molar-refractivity contribution is 5.89. The van der Waals surface area contributed by atoms with E-state index < -0.39 is 0 Å². The Morgan fingerprint density at radius 3 is 2.46 bits per heavy atom. The highest BCUT2D eigenvalue weighted by Gasteiger charge is 2.18. The molecule has 0 spiro atoms. The van der Waals surface area contributed by atoms with Gasteiger partial charge in [-0.05, 0) is 60.2 Å². The van der Waals surface area contributed by atoms with Gasteiger partial charge in [0.2, 0.25) is 5.82 Å². The number of halogens is 1. The Kier molecular flexibility index (Phi) is 6.91. The van der Waals surface area contributed by atoms with Crippen molar-refractivity contribution in [3.8, 4) is 28.8 Å². The quantitative estimate of drug-likeness (QED) is 0.204. The lowest BCUT2D eigenvalue weighted by atomic mass is 10.2. The summed E-state index contributed by atoms with van der Waals surface area (Å²) in [5.41, 5.74) is 2.06. The van der Waals surface area contributed by atoms with Gasteiger partial charge in [0.1, 0.15) is 23.8 Å². The van der Waals surface area contributed by atoms with Crippen molar-refractivity contribution in [2.75, 3.05) is 14.2 Å². The van der Waals surface area contributed by atoms with Crippen LogP contribution in [-0.4, -0.2) is 30.1 Å². The van der Waals surface area contributed by atoms with Gasteiger partial charge >= 0.3 is 0 Å². The molecule has 4 aromatic carbocycles. The fourth-order valence-electron chi connectivity index (χ4n) is 4.52. The van der Waals surface area contributed by atoms with Crippen LogP contribution < -0.4 is 19.8 Å². The lowest BCUT2D eigenvalue weighted by molar-refractivity contribution is 0.284. The van der Waals surface area contributed by atoms with Gasteiger partial charge < -0.3 is 18.6 Å². The molecular weight excluding hydrogens is 525 g/mol. The van der Waals surface area contributed by atoms with Gasteiger partial charge in [0, 0.05) is 5.56 Å². The van der Waals surface area contributed by atoms with E-state index in [1.807, 2.05) is 24.3 Å². The SMILES string of the molecule is COc1cccc(C=Nn2c(-c3cc4c(OC)cccc4o3)nc3ccccc3c2=O)c1OCc1ccc(F)cc1. The standard InChI is InChI=1S/C32H24FN3O5/c1-38-26-10-6-11-27-24(26)17-29(41-27)31-35-25-9-4-3-8-23(25)32(37)36(31)34-18-21-7-5-12-28(39-2)30(21)40-19-20-13-15-22(33)16-14-20/h3-18H,19H2,1-2H3. The van der Waals surface area contributed by atoms with Crippen molar-refractivity contribution in [2.45, 2.75) is 6.61 Å². The Bertz CT molecular complexity index is 1960. The topological polar surface area (TPSA) is 88.1 Å². The van der Waals surface area contributed by atoms with Crippen molar-refractivity contribution in [3.05, 3.63) is 118 Å². The van der Waals surface area contributed by atoms with E-state index in [9.17, 15) is 9.18 Å². The first-order valence-corrected chi connectivity index (χ1v) is 12.7. The summed E-state index contributed by atoms with van der Waals surface area (Å²) in [7, 11) is 3.12. The van der Waals surface area contributed by atoms with Crippen molar-refractivity contribution in [1.82, 2.24) is 9.66 Å². The zero-order chi connectivity index (χ0) is 28.3. The molecule has 6 rings (SSSR count). The van der Waals surface area contributed by atoms with Crippen molar-refractivity contribution in [2.24, 2.45) is 5.10 Å². The van der Waals surface area contributed by atoms with Gasteiger partial charge in [-0.1, -0.05) is 36.4 Å². The maximum absolute atomic E-state index is 13.7. The smallest absolute Gasteiger partial charge is 0.282 e. The van der Waals surface area contributed by atoms with Gasteiger partial charge in [-0.15, -0.1) is 0 Å². The first kappa shape index (κ1) is 25.8. The average Bonchev–Trinajstić information content (AvgIpc) is 3.45. The summed E-state index contributed by atoms with van der Waals surface area (Å²) in [6, 6.07) is 25.7. The van der Waals surface area contributed by atoms with Gasteiger partial charge in [-0.25, -0.2) is 9.37 Å². The molecule has 9 heteroatoms. The maximum Gasteiger partial charge on any atom is 0.282 e. The number of hydrogen-bond acceptors (Lipinski definition) is 7. The largest absolute Gasteiger partial charge is 0.496 e. The Morgan fingerprint density at radius 2 is 1.66 bits per heavy atom. The lowest BCUT2D eigenvalue weighted by Crippen LogP contribution is -2.20. The number of hydrogen-bond donors (Lipinski definition) is 0. The summed E-state index contributed by atoms with van der Waals surface area (Å²) in [6.07, 6.45) is 1.51. The summed E-state index contributed by atoms with van der Waals surface area (Å²) in [5, 5.41) is 5.70. The average molecular weight is 550 g/mol. The van der Waals surface area contributed by atoms with Crippen molar-refractivity contribution < 1.29 is 23.0 Å². The van der Waals surface area contributed by atoms with Gasteiger partial charge in [-0.3, -0.25) is 4.79 Å². The summed E-state index contributed by atoms with van der Waals surface area (Å²) in [4.78, 5) is 18.4. The number of aromatic nitrogens is 2. The molecule has 0 amide bonds. The molecule has 41 heavy (non-hydrogen) atoms. The third kappa shape index (κ3) is 5.00. The van der Waals surface area contributed by atoms with E-state index in [2.05, 4.69) is 5.10 Å². The molecule has 0 radical (unpaired) electrons. The molecule has 0 aliphatic heterocycles.